The highest BCUT2D eigenvalue weighted by atomic mass is 19.3. The van der Waals surface area contributed by atoms with Gasteiger partial charge in [-0.3, -0.25) is 9.58 Å². The molecule has 15 heavy (non-hydrogen) atoms. The van der Waals surface area contributed by atoms with Gasteiger partial charge in [0, 0.05) is 25.4 Å². The van der Waals surface area contributed by atoms with Crippen molar-refractivity contribution in [3.63, 3.8) is 0 Å². The van der Waals surface area contributed by atoms with Crippen molar-refractivity contribution in [2.45, 2.75) is 12.5 Å². The van der Waals surface area contributed by atoms with Crippen molar-refractivity contribution in [3.05, 3.63) is 18.0 Å². The highest BCUT2D eigenvalue weighted by Crippen LogP contribution is 2.17. The van der Waals surface area contributed by atoms with Crippen molar-refractivity contribution in [2.24, 2.45) is 12.8 Å². The smallest absolute Gasteiger partial charge is 0.251 e. The summed E-state index contributed by atoms with van der Waals surface area (Å²) in [7, 11) is 3.42. The van der Waals surface area contributed by atoms with Gasteiger partial charge in [0.15, 0.2) is 0 Å². The number of hydrogen-bond donors (Lipinski definition) is 1. The third-order valence-corrected chi connectivity index (χ3v) is 2.29. The predicted molar refractivity (Wildman–Crippen MR) is 53.6 cm³/mol. The first kappa shape index (κ1) is 12.1. The molecule has 86 valence electrons. The average Bonchev–Trinajstić information content (AvgIpc) is 2.51. The van der Waals surface area contributed by atoms with Crippen LogP contribution in [0.3, 0.4) is 0 Å². The maximum absolute atomic E-state index is 12.2. The van der Waals surface area contributed by atoms with Gasteiger partial charge in [-0.2, -0.15) is 5.10 Å². The van der Waals surface area contributed by atoms with Crippen LogP contribution in [-0.2, 0) is 7.05 Å². The lowest BCUT2D eigenvalue weighted by molar-refractivity contribution is 0.0822. The number of nitrogens with zero attached hydrogens (tertiary/aromatic N) is 3. The summed E-state index contributed by atoms with van der Waals surface area (Å²) in [6.45, 7) is 0.0195. The molecular formula is C9H16F2N4. The van der Waals surface area contributed by atoms with E-state index in [4.69, 9.17) is 5.73 Å². The van der Waals surface area contributed by atoms with Gasteiger partial charge in [0.2, 0.25) is 0 Å². The fourth-order valence-corrected chi connectivity index (χ4v) is 1.53. The summed E-state index contributed by atoms with van der Waals surface area (Å²) < 4.78 is 26.0. The average molecular weight is 218 g/mol. The molecule has 0 bridgehead atoms. The quantitative estimate of drug-likeness (QED) is 0.788. The first-order valence-electron chi connectivity index (χ1n) is 4.71. The summed E-state index contributed by atoms with van der Waals surface area (Å²) >= 11 is 0. The Balaban J connectivity index is 2.70. The van der Waals surface area contributed by atoms with Gasteiger partial charge in [0.05, 0.1) is 18.8 Å². The maximum atomic E-state index is 12.2. The number of halogens is 2. The molecule has 0 saturated carbocycles. The van der Waals surface area contributed by atoms with Gasteiger partial charge in [0.1, 0.15) is 0 Å². The Labute approximate surface area is 87.7 Å². The van der Waals surface area contributed by atoms with Crippen molar-refractivity contribution < 1.29 is 8.78 Å². The number of likely N-dealkylation sites (N-methyl/N-ethyl adjacent to an activating group) is 1. The fourth-order valence-electron chi connectivity index (χ4n) is 1.53. The van der Waals surface area contributed by atoms with E-state index in [9.17, 15) is 8.78 Å². The summed E-state index contributed by atoms with van der Waals surface area (Å²) in [5.74, 6) is 0. The van der Waals surface area contributed by atoms with E-state index >= 15 is 0 Å². The van der Waals surface area contributed by atoms with Gasteiger partial charge in [-0.15, -0.1) is 0 Å². The zero-order valence-electron chi connectivity index (χ0n) is 8.90. The standard InChI is InChI=1S/C9H16F2N4/c1-14(6-9(10)11)8(3-12)7-4-13-15(2)5-7/h4-5,8-9H,3,6,12H2,1-2H3. The number of aryl methyl sites for hydroxylation is 1. The van der Waals surface area contributed by atoms with Crippen molar-refractivity contribution in [1.82, 2.24) is 14.7 Å². The normalized spacial score (nSPS) is 13.8. The van der Waals surface area contributed by atoms with E-state index in [1.54, 1.807) is 36.1 Å². The minimum atomic E-state index is -2.35. The molecule has 0 aromatic carbocycles. The molecule has 1 atom stereocenters. The Morgan fingerprint density at radius 2 is 2.27 bits per heavy atom. The van der Waals surface area contributed by atoms with E-state index in [1.807, 2.05) is 0 Å². The molecule has 0 radical (unpaired) electrons. The van der Waals surface area contributed by atoms with Gasteiger partial charge >= 0.3 is 0 Å². The van der Waals surface area contributed by atoms with Crippen LogP contribution in [0.1, 0.15) is 11.6 Å². The van der Waals surface area contributed by atoms with Crippen molar-refractivity contribution in [2.75, 3.05) is 20.1 Å². The highest BCUT2D eigenvalue weighted by Gasteiger charge is 2.19. The van der Waals surface area contributed by atoms with Crippen molar-refractivity contribution >= 4 is 0 Å². The lowest BCUT2D eigenvalue weighted by atomic mass is 10.1. The molecule has 2 N–H and O–H groups in total. The summed E-state index contributed by atoms with van der Waals surface area (Å²) in [5.41, 5.74) is 6.43. The first-order chi connectivity index (χ1) is 7.04. The Bertz CT molecular complexity index is 300. The van der Waals surface area contributed by atoms with Crippen LogP contribution in [0.5, 0.6) is 0 Å². The molecule has 0 aliphatic carbocycles. The molecule has 1 aromatic heterocycles. The molecule has 6 heteroatoms. The second-order valence-corrected chi connectivity index (χ2v) is 3.53. The second-order valence-electron chi connectivity index (χ2n) is 3.53. The highest BCUT2D eigenvalue weighted by molar-refractivity contribution is 5.10. The van der Waals surface area contributed by atoms with E-state index in [-0.39, 0.29) is 12.6 Å². The lowest BCUT2D eigenvalue weighted by Gasteiger charge is -2.25. The monoisotopic (exact) mass is 218 g/mol. The summed E-state index contributed by atoms with van der Waals surface area (Å²) in [6, 6.07) is -0.201. The molecule has 0 aliphatic heterocycles. The molecule has 1 unspecified atom stereocenters. The molecule has 1 rings (SSSR count). The minimum absolute atomic E-state index is 0.201. The Kier molecular flexibility index (Phi) is 4.16. The van der Waals surface area contributed by atoms with Crippen LogP contribution in [0.25, 0.3) is 0 Å². The van der Waals surface area contributed by atoms with Crippen molar-refractivity contribution in [1.29, 1.82) is 0 Å². The molecule has 0 spiro atoms. The number of rotatable bonds is 5. The van der Waals surface area contributed by atoms with E-state index in [1.165, 1.54) is 0 Å². The van der Waals surface area contributed by atoms with Crippen LogP contribution in [0.2, 0.25) is 0 Å². The Hall–Kier alpha value is -1.01. The largest absolute Gasteiger partial charge is 0.329 e. The third-order valence-electron chi connectivity index (χ3n) is 2.29. The summed E-state index contributed by atoms with van der Waals surface area (Å²) in [6.07, 6.45) is 1.10. The number of nitrogens with two attached hydrogens (primary N) is 1. The van der Waals surface area contributed by atoms with E-state index < -0.39 is 6.43 Å². The SMILES string of the molecule is CN(CC(F)F)C(CN)c1cnn(C)c1. The molecule has 1 aromatic rings. The van der Waals surface area contributed by atoms with E-state index in [0.29, 0.717) is 6.54 Å². The molecule has 4 nitrogen and oxygen atoms in total. The van der Waals surface area contributed by atoms with Gasteiger partial charge in [0.25, 0.3) is 6.43 Å². The van der Waals surface area contributed by atoms with Gasteiger partial charge in [-0.25, -0.2) is 8.78 Å². The van der Waals surface area contributed by atoms with Crippen molar-refractivity contribution in [3.8, 4) is 0 Å². The molecule has 0 amide bonds. The summed E-state index contributed by atoms with van der Waals surface area (Å²) in [4.78, 5) is 1.54. The maximum Gasteiger partial charge on any atom is 0.251 e. The molecule has 0 aliphatic rings. The minimum Gasteiger partial charge on any atom is -0.329 e. The molecule has 0 saturated heterocycles. The number of aromatic nitrogens is 2. The molecule has 1 heterocycles. The number of hydrogen-bond acceptors (Lipinski definition) is 3. The van der Waals surface area contributed by atoms with Crippen LogP contribution in [0, 0.1) is 0 Å². The second kappa shape index (κ2) is 5.18. The zero-order valence-corrected chi connectivity index (χ0v) is 8.90. The van der Waals surface area contributed by atoms with Crippen LogP contribution in [0.4, 0.5) is 8.78 Å². The van der Waals surface area contributed by atoms with Gasteiger partial charge < -0.3 is 5.73 Å². The van der Waals surface area contributed by atoms with E-state index in [2.05, 4.69) is 5.10 Å². The topological polar surface area (TPSA) is 47.1 Å². The molecule has 0 fully saturated rings. The van der Waals surface area contributed by atoms with Gasteiger partial charge in [-0.1, -0.05) is 0 Å². The van der Waals surface area contributed by atoms with Crippen LogP contribution in [-0.4, -0.2) is 41.2 Å². The Morgan fingerprint density at radius 3 is 2.67 bits per heavy atom. The molecular weight excluding hydrogens is 202 g/mol. The van der Waals surface area contributed by atoms with Crippen LogP contribution < -0.4 is 5.73 Å². The fraction of sp³-hybridized carbons (Fsp3) is 0.667. The predicted octanol–water partition coefficient (Wildman–Crippen LogP) is 0.617. The van der Waals surface area contributed by atoms with E-state index in [0.717, 1.165) is 5.56 Å². The first-order valence-corrected chi connectivity index (χ1v) is 4.71. The lowest BCUT2D eigenvalue weighted by Crippen LogP contribution is -2.33. The third kappa shape index (κ3) is 3.24. The number of alkyl halides is 2. The van der Waals surface area contributed by atoms with Gasteiger partial charge in [-0.05, 0) is 7.05 Å². The van der Waals surface area contributed by atoms with Crippen LogP contribution in [0.15, 0.2) is 12.4 Å². The zero-order chi connectivity index (χ0) is 11.4. The Morgan fingerprint density at radius 1 is 1.60 bits per heavy atom. The van der Waals surface area contributed by atoms with Crippen LogP contribution >= 0.6 is 0 Å². The summed E-state index contributed by atoms with van der Waals surface area (Å²) in [5, 5.41) is 3.99.